The topological polar surface area (TPSA) is 87.4 Å². The van der Waals surface area contributed by atoms with Crippen LogP contribution in [0.5, 0.6) is 0 Å². The monoisotopic (exact) mass is 445 g/mol. The lowest BCUT2D eigenvalue weighted by molar-refractivity contribution is -0.138. The van der Waals surface area contributed by atoms with Gasteiger partial charge in [0.2, 0.25) is 0 Å². The fourth-order valence-corrected chi connectivity index (χ4v) is 4.13. The number of rotatable bonds is 10. The van der Waals surface area contributed by atoms with E-state index in [4.69, 9.17) is 11.6 Å². The Labute approximate surface area is 184 Å². The second-order valence-corrected chi connectivity index (χ2v) is 8.23. The Hall–Kier alpha value is -2.48. The van der Waals surface area contributed by atoms with Crippen molar-refractivity contribution < 1.29 is 15.0 Å². The maximum atomic E-state index is 11.8. The molecule has 0 radical (unpaired) electrons. The highest BCUT2D eigenvalue weighted by atomic mass is 35.5. The van der Waals surface area contributed by atoms with Gasteiger partial charge in [0.15, 0.2) is 11.2 Å². The molecular weight excluding hydrogens is 422 g/mol. The number of aliphatic hydroxyl groups is 1. The number of nitrogens with one attached hydrogen (secondary N) is 1. The number of thioether (sulfide) groups is 1. The van der Waals surface area contributed by atoms with Gasteiger partial charge < -0.3 is 20.1 Å². The van der Waals surface area contributed by atoms with Gasteiger partial charge in [-0.05, 0) is 30.2 Å². The van der Waals surface area contributed by atoms with Gasteiger partial charge in [-0.25, -0.2) is 9.78 Å². The van der Waals surface area contributed by atoms with Crippen LogP contribution in [-0.2, 0) is 17.9 Å². The van der Waals surface area contributed by atoms with Gasteiger partial charge in [-0.1, -0.05) is 60.6 Å². The van der Waals surface area contributed by atoms with Crippen LogP contribution in [0.3, 0.4) is 0 Å². The zero-order valence-electron chi connectivity index (χ0n) is 16.6. The molecule has 3 rings (SSSR count). The van der Waals surface area contributed by atoms with Gasteiger partial charge in [0.1, 0.15) is 0 Å². The summed E-state index contributed by atoms with van der Waals surface area (Å²) >= 11 is 7.85. The van der Waals surface area contributed by atoms with E-state index in [0.717, 1.165) is 28.6 Å². The van der Waals surface area contributed by atoms with Crippen LogP contribution in [0.15, 0.2) is 59.9 Å². The van der Waals surface area contributed by atoms with Crippen LogP contribution >= 0.6 is 23.4 Å². The number of carbonyl (C=O) groups is 1. The SMILES string of the molecule is CCCSc1ncc(CO)n1Cc1ccc(NC(C(=O)O)c2ccccc2Cl)cc1. The van der Waals surface area contributed by atoms with Crippen molar-refractivity contribution in [3.05, 3.63) is 76.6 Å². The van der Waals surface area contributed by atoms with E-state index in [1.54, 1.807) is 42.2 Å². The smallest absolute Gasteiger partial charge is 0.330 e. The van der Waals surface area contributed by atoms with Crippen molar-refractivity contribution in [2.75, 3.05) is 11.1 Å². The Morgan fingerprint density at radius 1 is 1.23 bits per heavy atom. The van der Waals surface area contributed by atoms with E-state index in [0.29, 0.717) is 22.8 Å². The summed E-state index contributed by atoms with van der Waals surface area (Å²) in [5, 5.41) is 23.6. The summed E-state index contributed by atoms with van der Waals surface area (Å²) in [6, 6.07) is 13.5. The third-order valence-electron chi connectivity index (χ3n) is 4.57. The van der Waals surface area contributed by atoms with Crippen LogP contribution < -0.4 is 5.32 Å². The van der Waals surface area contributed by atoms with Crippen LogP contribution in [0.2, 0.25) is 5.02 Å². The number of hydrogen-bond acceptors (Lipinski definition) is 5. The van der Waals surface area contributed by atoms with E-state index in [1.165, 1.54) is 0 Å². The summed E-state index contributed by atoms with van der Waals surface area (Å²) in [4.78, 5) is 16.2. The first kappa shape index (κ1) is 22.2. The van der Waals surface area contributed by atoms with Crippen LogP contribution in [-0.4, -0.2) is 31.5 Å². The summed E-state index contributed by atoms with van der Waals surface area (Å²) in [7, 11) is 0. The third-order valence-corrected chi connectivity index (χ3v) is 6.11. The molecule has 8 heteroatoms. The molecule has 0 spiro atoms. The van der Waals surface area contributed by atoms with Crippen LogP contribution in [0.25, 0.3) is 0 Å². The molecule has 1 unspecified atom stereocenters. The molecule has 1 aromatic heterocycles. The van der Waals surface area contributed by atoms with Gasteiger partial charge in [0.05, 0.1) is 18.5 Å². The summed E-state index contributed by atoms with van der Waals surface area (Å²) < 4.78 is 2.01. The molecule has 30 heavy (non-hydrogen) atoms. The lowest BCUT2D eigenvalue weighted by atomic mass is 10.1. The third kappa shape index (κ3) is 5.36. The summed E-state index contributed by atoms with van der Waals surface area (Å²) in [6.07, 6.45) is 2.75. The quantitative estimate of drug-likeness (QED) is 0.388. The predicted molar refractivity (Wildman–Crippen MR) is 120 cm³/mol. The molecule has 0 saturated carbocycles. The lowest BCUT2D eigenvalue weighted by Gasteiger charge is -2.18. The first-order valence-electron chi connectivity index (χ1n) is 9.64. The van der Waals surface area contributed by atoms with Crippen molar-refractivity contribution in [3.63, 3.8) is 0 Å². The summed E-state index contributed by atoms with van der Waals surface area (Å²) in [5.74, 6) is -0.0422. The van der Waals surface area contributed by atoms with Gasteiger partial charge in [-0.2, -0.15) is 0 Å². The number of anilines is 1. The normalized spacial score (nSPS) is 12.0. The molecule has 0 amide bonds. The second kappa shape index (κ2) is 10.5. The Morgan fingerprint density at radius 2 is 1.97 bits per heavy atom. The first-order chi connectivity index (χ1) is 14.5. The molecule has 158 valence electrons. The van der Waals surface area contributed by atoms with Crippen molar-refractivity contribution in [3.8, 4) is 0 Å². The molecule has 0 aliphatic rings. The average Bonchev–Trinajstić information content (AvgIpc) is 3.13. The number of benzene rings is 2. The summed E-state index contributed by atoms with van der Waals surface area (Å²) in [6.45, 7) is 2.62. The van der Waals surface area contributed by atoms with Gasteiger partial charge in [-0.3, -0.25) is 0 Å². The average molecular weight is 446 g/mol. The number of carboxylic acid groups (broad SMARTS) is 1. The van der Waals surface area contributed by atoms with Gasteiger partial charge >= 0.3 is 5.97 Å². The van der Waals surface area contributed by atoms with Gasteiger partial charge in [0.25, 0.3) is 0 Å². The zero-order valence-corrected chi connectivity index (χ0v) is 18.2. The molecule has 1 atom stereocenters. The molecule has 0 fully saturated rings. The molecule has 3 N–H and O–H groups in total. The molecule has 6 nitrogen and oxygen atoms in total. The first-order valence-corrected chi connectivity index (χ1v) is 11.0. The molecule has 3 aromatic rings. The molecule has 0 bridgehead atoms. The molecule has 0 aliphatic heterocycles. The summed E-state index contributed by atoms with van der Waals surface area (Å²) in [5.41, 5.74) is 2.98. The van der Waals surface area contributed by atoms with E-state index in [-0.39, 0.29) is 6.61 Å². The number of hydrogen-bond donors (Lipinski definition) is 3. The maximum absolute atomic E-state index is 11.8. The van der Waals surface area contributed by atoms with E-state index < -0.39 is 12.0 Å². The largest absolute Gasteiger partial charge is 0.479 e. The lowest BCUT2D eigenvalue weighted by Crippen LogP contribution is -2.20. The number of imidazole rings is 1. The number of nitrogens with zero attached hydrogens (tertiary/aromatic N) is 2. The zero-order chi connectivity index (χ0) is 21.5. The molecule has 1 heterocycles. The highest BCUT2D eigenvalue weighted by Crippen LogP contribution is 2.27. The Morgan fingerprint density at radius 3 is 2.60 bits per heavy atom. The number of halogens is 1. The van der Waals surface area contributed by atoms with E-state index in [2.05, 4.69) is 17.2 Å². The van der Waals surface area contributed by atoms with Crippen LogP contribution in [0.1, 0.15) is 36.2 Å². The number of aliphatic carboxylic acids is 1. The van der Waals surface area contributed by atoms with Crippen molar-refractivity contribution in [2.24, 2.45) is 0 Å². The predicted octanol–water partition coefficient (Wildman–Crippen LogP) is 4.82. The molecule has 0 aliphatic carbocycles. The second-order valence-electron chi connectivity index (χ2n) is 6.76. The van der Waals surface area contributed by atoms with Crippen molar-refractivity contribution in [1.82, 2.24) is 9.55 Å². The van der Waals surface area contributed by atoms with Crippen LogP contribution in [0, 0.1) is 0 Å². The van der Waals surface area contributed by atoms with Gasteiger partial charge in [-0.15, -0.1) is 0 Å². The maximum Gasteiger partial charge on any atom is 0.330 e. The van der Waals surface area contributed by atoms with E-state index in [9.17, 15) is 15.0 Å². The molecule has 0 saturated heterocycles. The van der Waals surface area contributed by atoms with Crippen molar-refractivity contribution >= 4 is 35.0 Å². The fraction of sp³-hybridized carbons (Fsp3) is 0.273. The Bertz CT molecular complexity index is 992. The number of carboxylic acids is 1. The molecule has 2 aromatic carbocycles. The fourth-order valence-electron chi connectivity index (χ4n) is 3.03. The highest BCUT2D eigenvalue weighted by Gasteiger charge is 2.22. The van der Waals surface area contributed by atoms with Crippen molar-refractivity contribution in [2.45, 2.75) is 37.7 Å². The van der Waals surface area contributed by atoms with Crippen molar-refractivity contribution in [1.29, 1.82) is 0 Å². The Balaban J connectivity index is 1.76. The van der Waals surface area contributed by atoms with E-state index in [1.807, 2.05) is 28.8 Å². The Kier molecular flexibility index (Phi) is 7.79. The highest BCUT2D eigenvalue weighted by molar-refractivity contribution is 7.99. The number of aliphatic hydroxyl groups excluding tert-OH is 1. The van der Waals surface area contributed by atoms with E-state index >= 15 is 0 Å². The minimum atomic E-state index is -1.00. The minimum Gasteiger partial charge on any atom is -0.479 e. The van der Waals surface area contributed by atoms with Crippen LogP contribution in [0.4, 0.5) is 5.69 Å². The number of aromatic nitrogens is 2. The molecular formula is C22H24ClN3O3S. The van der Waals surface area contributed by atoms with Gasteiger partial charge in [0, 0.05) is 28.6 Å². The minimum absolute atomic E-state index is 0.0720. The standard InChI is InChI=1S/C22H24ClN3O3S/c1-2-11-30-22-24-12-17(14-27)26(22)13-15-7-9-16(10-8-15)25-20(21(28)29)18-5-3-4-6-19(18)23/h3-10,12,20,25,27H,2,11,13-14H2,1H3,(H,28,29).